The minimum absolute atomic E-state index is 0.147. The van der Waals surface area contributed by atoms with Crippen LogP contribution < -0.4 is 9.47 Å². The van der Waals surface area contributed by atoms with Gasteiger partial charge in [-0.3, -0.25) is 0 Å². The van der Waals surface area contributed by atoms with Gasteiger partial charge in [-0.05, 0) is 60.0 Å². The summed E-state index contributed by atoms with van der Waals surface area (Å²) in [6.45, 7) is 5.42. The number of thioether (sulfide) groups is 2. The number of aliphatic hydroxyl groups is 2. The molecule has 0 radical (unpaired) electrons. The van der Waals surface area contributed by atoms with E-state index in [1.165, 1.54) is 11.1 Å². The molecule has 0 spiro atoms. The van der Waals surface area contributed by atoms with Gasteiger partial charge in [-0.25, -0.2) is 0 Å². The van der Waals surface area contributed by atoms with Crippen molar-refractivity contribution in [2.75, 3.05) is 12.4 Å². The fraction of sp³-hybridized carbons (Fsp3) is 0.357. The van der Waals surface area contributed by atoms with Crippen molar-refractivity contribution in [2.24, 2.45) is 0 Å². The average Bonchev–Trinajstić information content (AvgIpc) is 2.82. The summed E-state index contributed by atoms with van der Waals surface area (Å²) in [4.78, 5) is 0. The van der Waals surface area contributed by atoms with Gasteiger partial charge < -0.3 is 19.7 Å². The third-order valence-corrected chi connectivity index (χ3v) is 8.52. The zero-order valence-corrected chi connectivity index (χ0v) is 23.5. The van der Waals surface area contributed by atoms with Gasteiger partial charge in [0, 0.05) is 23.3 Å². The van der Waals surface area contributed by atoms with Gasteiger partial charge in [0.25, 0.3) is 0 Å². The Balaban J connectivity index is 1.58. The lowest BCUT2D eigenvalue weighted by Gasteiger charge is -2.29. The molecule has 3 rings (SSSR count). The summed E-state index contributed by atoms with van der Waals surface area (Å²) in [5.41, 5.74) is -0.116. The van der Waals surface area contributed by atoms with E-state index in [4.69, 9.17) is 9.47 Å². The summed E-state index contributed by atoms with van der Waals surface area (Å²) in [5.74, 6) is 3.28. The third-order valence-electron chi connectivity index (χ3n) is 5.03. The van der Waals surface area contributed by atoms with Crippen molar-refractivity contribution >= 4 is 39.5 Å². The van der Waals surface area contributed by atoms with Crippen molar-refractivity contribution < 1.29 is 19.7 Å². The van der Waals surface area contributed by atoms with E-state index in [1.807, 2.05) is 48.5 Å². The summed E-state index contributed by atoms with van der Waals surface area (Å²) < 4.78 is 12.9. The smallest absolute Gasteiger partial charge is 0.172 e. The van der Waals surface area contributed by atoms with Crippen LogP contribution in [0.15, 0.2) is 83.3 Å². The Morgan fingerprint density at radius 2 is 1.46 bits per heavy atom. The molecule has 7 heteroatoms. The van der Waals surface area contributed by atoms with E-state index in [0.29, 0.717) is 17.3 Å². The summed E-state index contributed by atoms with van der Waals surface area (Å²) in [7, 11) is 0. The molecule has 3 aromatic rings. The number of hydrogen-bond acceptors (Lipinski definition) is 6. The second kappa shape index (κ2) is 13.1. The molecule has 3 aromatic carbocycles. The Labute approximate surface area is 225 Å². The van der Waals surface area contributed by atoms with Gasteiger partial charge >= 0.3 is 0 Å². The van der Waals surface area contributed by atoms with Crippen LogP contribution in [0.5, 0.6) is 11.5 Å². The molecule has 0 aliphatic rings. The van der Waals surface area contributed by atoms with E-state index in [1.54, 1.807) is 50.4 Å². The SMILES string of the molecule is CC(O)(COc1cc(OC(SCc2ccccc2)C(C)(C)O)ccc1Br)CSCc1ccccc1. The topological polar surface area (TPSA) is 58.9 Å². The Morgan fingerprint density at radius 3 is 2.06 bits per heavy atom. The van der Waals surface area contributed by atoms with Gasteiger partial charge in [0.2, 0.25) is 0 Å². The van der Waals surface area contributed by atoms with Crippen LogP contribution in [0.25, 0.3) is 0 Å². The molecule has 0 fully saturated rings. The van der Waals surface area contributed by atoms with Crippen molar-refractivity contribution in [3.8, 4) is 11.5 Å². The zero-order chi connectivity index (χ0) is 25.3. The Kier molecular flexibility index (Phi) is 10.4. The molecule has 0 bridgehead atoms. The minimum Gasteiger partial charge on any atom is -0.489 e. The zero-order valence-electron chi connectivity index (χ0n) is 20.3. The van der Waals surface area contributed by atoms with Gasteiger partial charge in [0.05, 0.1) is 4.47 Å². The molecule has 2 unspecified atom stereocenters. The molecule has 188 valence electrons. The van der Waals surface area contributed by atoms with E-state index < -0.39 is 16.6 Å². The Bertz CT molecular complexity index is 1040. The lowest BCUT2D eigenvalue weighted by atomic mass is 10.1. The number of benzene rings is 3. The summed E-state index contributed by atoms with van der Waals surface area (Å²) in [6.07, 6.45) is 0. The van der Waals surface area contributed by atoms with Crippen LogP contribution in [0.3, 0.4) is 0 Å². The monoisotopic (exact) mass is 576 g/mol. The summed E-state index contributed by atoms with van der Waals surface area (Å²) in [5, 5.41) is 21.5. The second-order valence-corrected chi connectivity index (χ2v) is 12.1. The Hall–Kier alpha value is -1.64. The number of rotatable bonds is 13. The van der Waals surface area contributed by atoms with Crippen LogP contribution in [0.1, 0.15) is 31.9 Å². The third kappa shape index (κ3) is 9.73. The summed E-state index contributed by atoms with van der Waals surface area (Å²) >= 11 is 6.74. The highest BCUT2D eigenvalue weighted by Gasteiger charge is 2.30. The highest BCUT2D eigenvalue weighted by molar-refractivity contribution is 9.10. The van der Waals surface area contributed by atoms with E-state index in [2.05, 4.69) is 40.2 Å². The average molecular weight is 578 g/mol. The largest absolute Gasteiger partial charge is 0.489 e. The van der Waals surface area contributed by atoms with Crippen LogP contribution in [0, 0.1) is 0 Å². The van der Waals surface area contributed by atoms with Crippen molar-refractivity contribution in [2.45, 2.75) is 48.9 Å². The standard InChI is InChI=1S/C28H33BrO4S2/c1-27(2,30)26(35-18-22-12-8-5-9-13-22)33-23-14-15-24(29)25(16-23)32-19-28(3,31)20-34-17-21-10-6-4-7-11-21/h4-16,26,30-31H,17-20H2,1-3H3. The van der Waals surface area contributed by atoms with E-state index in [-0.39, 0.29) is 6.61 Å². The van der Waals surface area contributed by atoms with Crippen LogP contribution in [-0.4, -0.2) is 39.2 Å². The van der Waals surface area contributed by atoms with Crippen molar-refractivity contribution in [3.63, 3.8) is 0 Å². The molecule has 0 heterocycles. The molecule has 2 N–H and O–H groups in total. The van der Waals surface area contributed by atoms with Gasteiger partial charge in [-0.15, -0.1) is 11.8 Å². The lowest BCUT2D eigenvalue weighted by molar-refractivity contribution is 0.00994. The summed E-state index contributed by atoms with van der Waals surface area (Å²) in [6, 6.07) is 25.8. The first-order valence-electron chi connectivity index (χ1n) is 11.4. The maximum Gasteiger partial charge on any atom is 0.172 e. The molecule has 0 aromatic heterocycles. The van der Waals surface area contributed by atoms with Gasteiger partial charge in [-0.1, -0.05) is 60.7 Å². The van der Waals surface area contributed by atoms with Gasteiger partial charge in [-0.2, -0.15) is 11.8 Å². The maximum absolute atomic E-state index is 10.8. The minimum atomic E-state index is -1.05. The second-order valence-electron chi connectivity index (χ2n) is 9.26. The van der Waals surface area contributed by atoms with E-state index >= 15 is 0 Å². The van der Waals surface area contributed by atoms with Crippen molar-refractivity contribution in [1.29, 1.82) is 0 Å². The molecule has 35 heavy (non-hydrogen) atoms. The first-order chi connectivity index (χ1) is 16.6. The Morgan fingerprint density at radius 1 is 0.857 bits per heavy atom. The molecular formula is C28H33BrO4S2. The van der Waals surface area contributed by atoms with Crippen molar-refractivity contribution in [3.05, 3.63) is 94.5 Å². The molecule has 0 aliphatic heterocycles. The molecule has 0 saturated heterocycles. The molecule has 0 aliphatic carbocycles. The lowest BCUT2D eigenvalue weighted by Crippen LogP contribution is -2.38. The van der Waals surface area contributed by atoms with Gasteiger partial charge in [0.1, 0.15) is 29.3 Å². The predicted octanol–water partition coefficient (Wildman–Crippen LogP) is 6.92. The molecular weight excluding hydrogens is 544 g/mol. The quantitative estimate of drug-likeness (QED) is 0.215. The molecule has 0 saturated carbocycles. The fourth-order valence-electron chi connectivity index (χ4n) is 3.16. The first kappa shape index (κ1) is 27.9. The maximum atomic E-state index is 10.8. The highest BCUT2D eigenvalue weighted by atomic mass is 79.9. The number of halogens is 1. The first-order valence-corrected chi connectivity index (χ1v) is 14.4. The highest BCUT2D eigenvalue weighted by Crippen LogP contribution is 2.34. The van der Waals surface area contributed by atoms with Gasteiger partial charge in [0.15, 0.2) is 5.44 Å². The van der Waals surface area contributed by atoms with Crippen LogP contribution in [0.2, 0.25) is 0 Å². The van der Waals surface area contributed by atoms with E-state index in [0.717, 1.165) is 16.0 Å². The normalized spacial score (nSPS) is 14.2. The number of ether oxygens (including phenoxy) is 2. The molecule has 4 nitrogen and oxygen atoms in total. The van der Waals surface area contributed by atoms with Crippen molar-refractivity contribution in [1.82, 2.24) is 0 Å². The fourth-order valence-corrected chi connectivity index (χ4v) is 5.70. The molecule has 2 atom stereocenters. The number of hydrogen-bond donors (Lipinski definition) is 2. The van der Waals surface area contributed by atoms with Crippen LogP contribution in [0.4, 0.5) is 0 Å². The molecule has 0 amide bonds. The predicted molar refractivity (Wildman–Crippen MR) is 151 cm³/mol. The van der Waals surface area contributed by atoms with E-state index in [9.17, 15) is 10.2 Å². The van der Waals surface area contributed by atoms with Crippen LogP contribution in [-0.2, 0) is 11.5 Å². The van der Waals surface area contributed by atoms with Crippen LogP contribution >= 0.6 is 39.5 Å².